The van der Waals surface area contributed by atoms with Gasteiger partial charge in [0.1, 0.15) is 5.69 Å². The van der Waals surface area contributed by atoms with Crippen molar-refractivity contribution >= 4 is 11.4 Å². The van der Waals surface area contributed by atoms with Gasteiger partial charge < -0.3 is 19.9 Å². The summed E-state index contributed by atoms with van der Waals surface area (Å²) < 4.78 is 10.0. The van der Waals surface area contributed by atoms with E-state index in [9.17, 15) is 15.2 Å². The van der Waals surface area contributed by atoms with Crippen molar-refractivity contribution in [3.63, 3.8) is 0 Å². The summed E-state index contributed by atoms with van der Waals surface area (Å²) in [6.07, 6.45) is -0.736. The molecule has 19 heavy (non-hydrogen) atoms. The van der Waals surface area contributed by atoms with Crippen molar-refractivity contribution in [3.8, 4) is 5.75 Å². The van der Waals surface area contributed by atoms with Gasteiger partial charge in [-0.3, -0.25) is 10.1 Å². The number of benzene rings is 1. The van der Waals surface area contributed by atoms with Crippen LogP contribution in [0, 0.1) is 10.1 Å². The molecule has 0 bridgehead atoms. The largest absolute Gasteiger partial charge is 0.487 e. The summed E-state index contributed by atoms with van der Waals surface area (Å²) in [6, 6.07) is 4.77. The molecule has 106 valence electrons. The molecule has 1 aromatic carbocycles. The molecule has 0 heterocycles. The van der Waals surface area contributed by atoms with Crippen molar-refractivity contribution in [2.45, 2.75) is 13.0 Å². The second-order valence-electron chi connectivity index (χ2n) is 3.83. The molecule has 2 N–H and O–H groups in total. The zero-order valence-corrected chi connectivity index (χ0v) is 11.0. The Morgan fingerprint density at radius 1 is 1.53 bits per heavy atom. The van der Waals surface area contributed by atoms with Gasteiger partial charge in [0.05, 0.1) is 24.2 Å². The predicted molar refractivity (Wildman–Crippen MR) is 70.6 cm³/mol. The summed E-state index contributed by atoms with van der Waals surface area (Å²) in [5.41, 5.74) is 0.181. The normalized spacial score (nSPS) is 11.9. The first-order valence-electron chi connectivity index (χ1n) is 5.91. The minimum Gasteiger partial charge on any atom is -0.487 e. The predicted octanol–water partition coefficient (Wildman–Crippen LogP) is 1.41. The minimum absolute atomic E-state index is 0.131. The van der Waals surface area contributed by atoms with Crippen molar-refractivity contribution in [3.05, 3.63) is 28.3 Å². The average molecular weight is 270 g/mol. The molecule has 0 aliphatic heterocycles. The highest BCUT2D eigenvalue weighted by Crippen LogP contribution is 2.34. The van der Waals surface area contributed by atoms with E-state index in [1.165, 1.54) is 7.11 Å². The molecule has 7 heteroatoms. The van der Waals surface area contributed by atoms with E-state index >= 15 is 0 Å². The van der Waals surface area contributed by atoms with Crippen molar-refractivity contribution in [1.29, 1.82) is 0 Å². The molecule has 0 saturated heterocycles. The fourth-order valence-electron chi connectivity index (χ4n) is 1.60. The van der Waals surface area contributed by atoms with E-state index in [2.05, 4.69) is 5.32 Å². The Balaban J connectivity index is 2.87. The van der Waals surface area contributed by atoms with E-state index in [0.717, 1.165) is 0 Å². The molecule has 0 aliphatic carbocycles. The molecule has 1 unspecified atom stereocenters. The van der Waals surface area contributed by atoms with E-state index in [4.69, 9.17) is 9.47 Å². The lowest BCUT2D eigenvalue weighted by atomic mass is 10.2. The Morgan fingerprint density at radius 2 is 2.26 bits per heavy atom. The monoisotopic (exact) mass is 270 g/mol. The van der Waals surface area contributed by atoms with Gasteiger partial charge in [0, 0.05) is 13.7 Å². The second kappa shape index (κ2) is 7.55. The quantitative estimate of drug-likeness (QED) is 0.548. The standard InChI is InChI=1S/C12H18N2O5/c1-3-19-11-6-4-5-10(12(11)14(16)17)13-7-9(15)8-18-2/h4-6,9,13,15H,3,7-8H2,1-2H3. The SMILES string of the molecule is CCOc1cccc(NCC(O)COC)c1[N+](=O)[O-]. The fraction of sp³-hybridized carbons (Fsp3) is 0.500. The molecule has 0 fully saturated rings. The summed E-state index contributed by atoms with van der Waals surface area (Å²) >= 11 is 0. The first kappa shape index (κ1) is 15.2. The van der Waals surface area contributed by atoms with Gasteiger partial charge in [-0.15, -0.1) is 0 Å². The first-order valence-corrected chi connectivity index (χ1v) is 5.91. The van der Waals surface area contributed by atoms with Gasteiger partial charge in [0.25, 0.3) is 0 Å². The number of anilines is 1. The lowest BCUT2D eigenvalue weighted by Gasteiger charge is -2.13. The van der Waals surface area contributed by atoms with Gasteiger partial charge in [-0.2, -0.15) is 0 Å². The van der Waals surface area contributed by atoms with Crippen LogP contribution in [0.3, 0.4) is 0 Å². The maximum absolute atomic E-state index is 11.1. The fourth-order valence-corrected chi connectivity index (χ4v) is 1.60. The van der Waals surface area contributed by atoms with Crippen molar-refractivity contribution < 1.29 is 19.5 Å². The molecular formula is C12H18N2O5. The molecule has 0 spiro atoms. The number of nitrogens with zero attached hydrogens (tertiary/aromatic N) is 1. The van der Waals surface area contributed by atoms with E-state index in [1.807, 2.05) is 0 Å². The highest BCUT2D eigenvalue weighted by Gasteiger charge is 2.21. The average Bonchev–Trinajstić information content (AvgIpc) is 2.37. The molecule has 1 aromatic rings. The van der Waals surface area contributed by atoms with E-state index in [0.29, 0.717) is 12.3 Å². The number of nitrogens with one attached hydrogen (secondary N) is 1. The van der Waals surface area contributed by atoms with Crippen LogP contribution in [0.4, 0.5) is 11.4 Å². The van der Waals surface area contributed by atoms with Gasteiger partial charge in [-0.05, 0) is 19.1 Å². The van der Waals surface area contributed by atoms with Gasteiger partial charge >= 0.3 is 5.69 Å². The summed E-state index contributed by atoms with van der Waals surface area (Å²) in [4.78, 5) is 10.6. The number of hydrogen-bond donors (Lipinski definition) is 2. The van der Waals surface area contributed by atoms with Crippen LogP contribution >= 0.6 is 0 Å². The van der Waals surface area contributed by atoms with Crippen LogP contribution < -0.4 is 10.1 Å². The number of para-hydroxylation sites is 1. The number of aliphatic hydroxyl groups is 1. The van der Waals surface area contributed by atoms with E-state index in [-0.39, 0.29) is 24.6 Å². The van der Waals surface area contributed by atoms with Crippen LogP contribution in [0.5, 0.6) is 5.75 Å². The van der Waals surface area contributed by atoms with Gasteiger partial charge in [0.15, 0.2) is 5.75 Å². The van der Waals surface area contributed by atoms with Crippen molar-refractivity contribution in [1.82, 2.24) is 0 Å². The molecule has 0 radical (unpaired) electrons. The van der Waals surface area contributed by atoms with Gasteiger partial charge in [-0.25, -0.2) is 0 Å². The van der Waals surface area contributed by atoms with Crippen molar-refractivity contribution in [2.24, 2.45) is 0 Å². The molecule has 1 rings (SSSR count). The van der Waals surface area contributed by atoms with Crippen LogP contribution in [-0.2, 0) is 4.74 Å². The van der Waals surface area contributed by atoms with Crippen LogP contribution in [0.2, 0.25) is 0 Å². The number of rotatable bonds is 8. The Kier molecular flexibility index (Phi) is 6.04. The Hall–Kier alpha value is -1.86. The minimum atomic E-state index is -0.736. The van der Waals surface area contributed by atoms with Crippen LogP contribution in [0.1, 0.15) is 6.92 Å². The second-order valence-corrected chi connectivity index (χ2v) is 3.83. The number of nitro benzene ring substituents is 1. The zero-order chi connectivity index (χ0) is 14.3. The van der Waals surface area contributed by atoms with Gasteiger partial charge in [0.2, 0.25) is 0 Å². The number of nitro groups is 1. The van der Waals surface area contributed by atoms with E-state index in [1.54, 1.807) is 25.1 Å². The zero-order valence-electron chi connectivity index (χ0n) is 11.0. The lowest BCUT2D eigenvalue weighted by Crippen LogP contribution is -2.24. The molecule has 7 nitrogen and oxygen atoms in total. The maximum atomic E-state index is 11.1. The summed E-state index contributed by atoms with van der Waals surface area (Å²) in [5, 5.41) is 23.4. The lowest BCUT2D eigenvalue weighted by molar-refractivity contribution is -0.384. The number of methoxy groups -OCH3 is 1. The van der Waals surface area contributed by atoms with Gasteiger partial charge in [-0.1, -0.05) is 6.07 Å². The Morgan fingerprint density at radius 3 is 2.84 bits per heavy atom. The first-order chi connectivity index (χ1) is 9.10. The highest BCUT2D eigenvalue weighted by atomic mass is 16.6. The number of aliphatic hydroxyl groups excluding tert-OH is 1. The Labute approximate surface area is 111 Å². The third-order valence-electron chi connectivity index (χ3n) is 2.37. The molecular weight excluding hydrogens is 252 g/mol. The third-order valence-corrected chi connectivity index (χ3v) is 2.37. The summed E-state index contributed by atoms with van der Waals surface area (Å²) in [6.45, 7) is 2.42. The van der Waals surface area contributed by atoms with Crippen LogP contribution in [0.25, 0.3) is 0 Å². The Bertz CT molecular complexity index is 425. The smallest absolute Gasteiger partial charge is 0.333 e. The molecule has 0 aromatic heterocycles. The molecule has 0 saturated carbocycles. The topological polar surface area (TPSA) is 93.9 Å². The van der Waals surface area contributed by atoms with Crippen LogP contribution in [-0.4, -0.2) is 43.0 Å². The summed E-state index contributed by atoms with van der Waals surface area (Å²) in [7, 11) is 1.47. The van der Waals surface area contributed by atoms with Crippen molar-refractivity contribution in [2.75, 3.05) is 32.2 Å². The maximum Gasteiger partial charge on any atom is 0.333 e. The molecule has 1 atom stereocenters. The number of ether oxygens (including phenoxy) is 2. The highest BCUT2D eigenvalue weighted by molar-refractivity contribution is 5.68. The van der Waals surface area contributed by atoms with E-state index < -0.39 is 11.0 Å². The molecule has 0 amide bonds. The third kappa shape index (κ3) is 4.38. The summed E-state index contributed by atoms with van der Waals surface area (Å²) in [5.74, 6) is 0.207. The van der Waals surface area contributed by atoms with Crippen LogP contribution in [0.15, 0.2) is 18.2 Å². The molecule has 0 aliphatic rings. The number of hydrogen-bond acceptors (Lipinski definition) is 6.